The van der Waals surface area contributed by atoms with E-state index in [1.807, 2.05) is 30.3 Å². The number of halogens is 3. The Morgan fingerprint density at radius 2 is 1.50 bits per heavy atom. The molecule has 1 unspecified atom stereocenters. The van der Waals surface area contributed by atoms with Gasteiger partial charge in [0.25, 0.3) is 10.0 Å². The van der Waals surface area contributed by atoms with E-state index in [9.17, 15) is 22.4 Å². The molecule has 2 amide bonds. The Bertz CT molecular complexity index is 1750. The van der Waals surface area contributed by atoms with Gasteiger partial charge in [-0.05, 0) is 72.5 Å². The van der Waals surface area contributed by atoms with Crippen molar-refractivity contribution < 1.29 is 22.4 Å². The number of anilines is 1. The molecule has 46 heavy (non-hydrogen) atoms. The van der Waals surface area contributed by atoms with Crippen molar-refractivity contribution >= 4 is 50.7 Å². The van der Waals surface area contributed by atoms with Crippen molar-refractivity contribution in [3.63, 3.8) is 0 Å². The van der Waals surface area contributed by atoms with Crippen molar-refractivity contribution in [2.24, 2.45) is 0 Å². The average Bonchev–Trinajstić information content (AvgIpc) is 3.56. The first-order chi connectivity index (χ1) is 22.1. The highest BCUT2D eigenvalue weighted by Crippen LogP contribution is 2.28. The molecule has 0 aromatic heterocycles. The van der Waals surface area contributed by atoms with E-state index in [4.69, 9.17) is 23.2 Å². The lowest BCUT2D eigenvalue weighted by molar-refractivity contribution is -0.140. The number of nitrogens with one attached hydrogen (secondary N) is 1. The molecule has 0 radical (unpaired) electrons. The first-order valence-corrected chi connectivity index (χ1v) is 17.2. The summed E-state index contributed by atoms with van der Waals surface area (Å²) in [5.74, 6) is -1.55. The van der Waals surface area contributed by atoms with E-state index in [-0.39, 0.29) is 35.5 Å². The van der Waals surface area contributed by atoms with Gasteiger partial charge in [-0.2, -0.15) is 0 Å². The number of rotatable bonds is 12. The maximum absolute atomic E-state index is 14.5. The van der Waals surface area contributed by atoms with Gasteiger partial charge in [0.1, 0.15) is 18.4 Å². The van der Waals surface area contributed by atoms with Crippen LogP contribution in [0.1, 0.15) is 36.8 Å². The number of carbonyl (C=O) groups excluding carboxylic acids is 2. The van der Waals surface area contributed by atoms with Crippen LogP contribution in [0.4, 0.5) is 10.1 Å². The summed E-state index contributed by atoms with van der Waals surface area (Å²) in [5.41, 5.74) is 1.60. The SMILES string of the molecule is O=C(NC1CCCC1)C(Cc1ccccc1)N(Cc1ccc(Cl)cc1Cl)C(=O)CN(c1ccccc1)S(=O)(=O)c1ccc(F)cc1. The molecule has 7 nitrogen and oxygen atoms in total. The van der Waals surface area contributed by atoms with Crippen LogP contribution < -0.4 is 9.62 Å². The van der Waals surface area contributed by atoms with Crippen molar-refractivity contribution in [2.75, 3.05) is 10.8 Å². The standard InChI is InChI=1S/C35H34Cl2FN3O4S/c36-27-16-15-26(32(37)22-27)23-40(33(21-25-9-3-1-4-10-25)35(43)39-29-11-7-8-12-29)34(42)24-41(30-13-5-2-6-14-30)46(44,45)31-19-17-28(38)18-20-31/h1-6,9-10,13-20,22,29,33H,7-8,11-12,21,23-24H2,(H,39,43). The molecule has 11 heteroatoms. The minimum Gasteiger partial charge on any atom is -0.352 e. The highest BCUT2D eigenvalue weighted by atomic mass is 35.5. The number of sulfonamides is 1. The van der Waals surface area contributed by atoms with Gasteiger partial charge in [0.2, 0.25) is 11.8 Å². The molecular formula is C35H34Cl2FN3O4S. The van der Waals surface area contributed by atoms with Crippen molar-refractivity contribution in [3.05, 3.63) is 130 Å². The zero-order valence-corrected chi connectivity index (χ0v) is 27.3. The maximum Gasteiger partial charge on any atom is 0.264 e. The van der Waals surface area contributed by atoms with Crippen molar-refractivity contribution in [2.45, 2.75) is 55.6 Å². The smallest absolute Gasteiger partial charge is 0.264 e. The normalized spacial score (nSPS) is 14.1. The summed E-state index contributed by atoms with van der Waals surface area (Å²) in [6.45, 7) is -0.708. The summed E-state index contributed by atoms with van der Waals surface area (Å²) in [6.07, 6.45) is 3.89. The molecule has 4 aromatic rings. The average molecular weight is 683 g/mol. The first kappa shape index (κ1) is 33.4. The lowest BCUT2D eigenvalue weighted by atomic mass is 10.0. The van der Waals surface area contributed by atoms with Crippen LogP contribution in [0.15, 0.2) is 108 Å². The predicted octanol–water partition coefficient (Wildman–Crippen LogP) is 7.03. The third-order valence-corrected chi connectivity index (χ3v) is 10.4. The van der Waals surface area contributed by atoms with Crippen LogP contribution in [0.5, 0.6) is 0 Å². The Hall–Kier alpha value is -3.92. The Morgan fingerprint density at radius 3 is 2.13 bits per heavy atom. The predicted molar refractivity (Wildman–Crippen MR) is 179 cm³/mol. The topological polar surface area (TPSA) is 86.8 Å². The van der Waals surface area contributed by atoms with Crippen LogP contribution in [0.25, 0.3) is 0 Å². The monoisotopic (exact) mass is 681 g/mol. The van der Waals surface area contributed by atoms with Crippen LogP contribution in [0, 0.1) is 5.82 Å². The lowest BCUT2D eigenvalue weighted by Crippen LogP contribution is -2.54. The fourth-order valence-electron chi connectivity index (χ4n) is 5.61. The third kappa shape index (κ3) is 8.26. The largest absolute Gasteiger partial charge is 0.352 e. The van der Waals surface area contributed by atoms with E-state index in [1.54, 1.807) is 48.5 Å². The van der Waals surface area contributed by atoms with E-state index < -0.39 is 34.3 Å². The molecule has 1 N–H and O–H groups in total. The molecule has 1 aliphatic carbocycles. The molecule has 1 aliphatic rings. The fourth-order valence-corrected chi connectivity index (χ4v) is 7.49. The zero-order chi connectivity index (χ0) is 32.7. The Labute approximate surface area is 279 Å². The van der Waals surface area contributed by atoms with Gasteiger partial charge in [0, 0.05) is 29.1 Å². The number of hydrogen-bond acceptors (Lipinski definition) is 4. The molecule has 0 spiro atoms. The van der Waals surface area contributed by atoms with E-state index in [0.717, 1.165) is 59.8 Å². The minimum atomic E-state index is -4.33. The molecule has 0 aliphatic heterocycles. The van der Waals surface area contributed by atoms with Gasteiger partial charge in [0.05, 0.1) is 10.6 Å². The number of carbonyl (C=O) groups is 2. The van der Waals surface area contributed by atoms with Gasteiger partial charge in [-0.3, -0.25) is 13.9 Å². The number of amides is 2. The number of benzene rings is 4. The third-order valence-electron chi connectivity index (χ3n) is 8.05. The molecule has 1 fully saturated rings. The second-order valence-corrected chi connectivity index (χ2v) is 14.0. The first-order valence-electron chi connectivity index (χ1n) is 15.0. The summed E-state index contributed by atoms with van der Waals surface area (Å²) in [4.78, 5) is 29.8. The summed E-state index contributed by atoms with van der Waals surface area (Å²) in [6, 6.07) is 25.8. The lowest BCUT2D eigenvalue weighted by Gasteiger charge is -2.34. The van der Waals surface area contributed by atoms with Gasteiger partial charge in [-0.15, -0.1) is 0 Å². The second kappa shape index (κ2) is 15.1. The molecule has 0 saturated heterocycles. The second-order valence-electron chi connectivity index (χ2n) is 11.3. The van der Waals surface area contributed by atoms with Gasteiger partial charge < -0.3 is 10.2 Å². The van der Waals surface area contributed by atoms with E-state index >= 15 is 0 Å². The van der Waals surface area contributed by atoms with E-state index in [0.29, 0.717) is 15.6 Å². The van der Waals surface area contributed by atoms with Crippen molar-refractivity contribution in [1.29, 1.82) is 0 Å². The molecule has 1 saturated carbocycles. The quantitative estimate of drug-likeness (QED) is 0.174. The fraction of sp³-hybridized carbons (Fsp3) is 0.257. The Balaban J connectivity index is 1.57. The van der Waals surface area contributed by atoms with Gasteiger partial charge in [-0.1, -0.05) is 90.6 Å². The van der Waals surface area contributed by atoms with Crippen LogP contribution in [0.3, 0.4) is 0 Å². The van der Waals surface area contributed by atoms with Crippen LogP contribution in [0.2, 0.25) is 10.0 Å². The highest BCUT2D eigenvalue weighted by Gasteiger charge is 2.35. The highest BCUT2D eigenvalue weighted by molar-refractivity contribution is 7.92. The molecular weight excluding hydrogens is 648 g/mol. The van der Waals surface area contributed by atoms with Gasteiger partial charge in [-0.25, -0.2) is 12.8 Å². The van der Waals surface area contributed by atoms with E-state index in [2.05, 4.69) is 5.32 Å². The number of para-hydroxylation sites is 1. The molecule has 0 heterocycles. The summed E-state index contributed by atoms with van der Waals surface area (Å²) in [5, 5.41) is 3.85. The van der Waals surface area contributed by atoms with Gasteiger partial charge >= 0.3 is 0 Å². The number of nitrogens with zero attached hydrogens (tertiary/aromatic N) is 2. The van der Waals surface area contributed by atoms with Crippen molar-refractivity contribution in [1.82, 2.24) is 10.2 Å². The maximum atomic E-state index is 14.5. The summed E-state index contributed by atoms with van der Waals surface area (Å²) < 4.78 is 42.7. The summed E-state index contributed by atoms with van der Waals surface area (Å²) >= 11 is 12.7. The molecule has 1 atom stereocenters. The Kier molecular flexibility index (Phi) is 11.0. The van der Waals surface area contributed by atoms with Crippen LogP contribution in [-0.2, 0) is 32.6 Å². The minimum absolute atomic E-state index is 0.0125. The van der Waals surface area contributed by atoms with E-state index in [1.165, 1.54) is 4.90 Å². The van der Waals surface area contributed by atoms with Crippen molar-refractivity contribution in [3.8, 4) is 0 Å². The molecule has 240 valence electrons. The Morgan fingerprint density at radius 1 is 0.870 bits per heavy atom. The molecule has 4 aromatic carbocycles. The van der Waals surface area contributed by atoms with Crippen LogP contribution in [-0.4, -0.2) is 43.8 Å². The zero-order valence-electron chi connectivity index (χ0n) is 25.0. The van der Waals surface area contributed by atoms with Gasteiger partial charge in [0.15, 0.2) is 0 Å². The van der Waals surface area contributed by atoms with Crippen LogP contribution >= 0.6 is 23.2 Å². The number of hydrogen-bond donors (Lipinski definition) is 1. The molecule has 0 bridgehead atoms. The summed E-state index contributed by atoms with van der Waals surface area (Å²) in [7, 11) is -4.33. The molecule has 5 rings (SSSR count).